The van der Waals surface area contributed by atoms with Gasteiger partial charge in [0.05, 0.1) is 28.2 Å². The van der Waals surface area contributed by atoms with Crippen LogP contribution in [0.4, 0.5) is 5.69 Å². The lowest BCUT2D eigenvalue weighted by molar-refractivity contribution is 0.103. The molecule has 0 atom stereocenters. The summed E-state index contributed by atoms with van der Waals surface area (Å²) in [5.74, 6) is 0.507. The van der Waals surface area contributed by atoms with Crippen LogP contribution in [0.25, 0.3) is 17.0 Å². The average Bonchev–Trinajstić information content (AvgIpc) is 3.37. The Morgan fingerprint density at radius 2 is 1.85 bits per heavy atom. The van der Waals surface area contributed by atoms with Crippen LogP contribution in [-0.4, -0.2) is 25.5 Å². The van der Waals surface area contributed by atoms with E-state index < -0.39 is 0 Å². The molecule has 0 bridgehead atoms. The predicted molar refractivity (Wildman–Crippen MR) is 107 cm³/mol. The maximum absolute atomic E-state index is 12.1. The summed E-state index contributed by atoms with van der Waals surface area (Å²) in [4.78, 5) is 22.1. The van der Waals surface area contributed by atoms with Gasteiger partial charge in [0, 0.05) is 11.3 Å². The topological polar surface area (TPSA) is 72.2 Å². The number of aromatic nitrogens is 4. The summed E-state index contributed by atoms with van der Waals surface area (Å²) in [5, 5.41) is 9.42. The Morgan fingerprint density at radius 3 is 2.52 bits per heavy atom. The SMILES string of the molecule is CCc1nc2nc(-c3ccc(NC(=O)c4cccs4)cc3)cn2nc1CC. The molecule has 0 aliphatic heterocycles. The Kier molecular flexibility index (Phi) is 4.68. The quantitative estimate of drug-likeness (QED) is 0.565. The van der Waals surface area contributed by atoms with E-state index in [1.807, 2.05) is 41.9 Å². The summed E-state index contributed by atoms with van der Waals surface area (Å²) in [5.41, 5.74) is 4.50. The highest BCUT2D eigenvalue weighted by Crippen LogP contribution is 2.22. The van der Waals surface area contributed by atoms with E-state index in [0.29, 0.717) is 10.7 Å². The minimum atomic E-state index is -0.0990. The maximum atomic E-state index is 12.1. The van der Waals surface area contributed by atoms with Crippen LogP contribution in [0.3, 0.4) is 0 Å². The number of hydrogen-bond donors (Lipinski definition) is 1. The highest BCUT2D eigenvalue weighted by atomic mass is 32.1. The van der Waals surface area contributed by atoms with Gasteiger partial charge >= 0.3 is 0 Å². The molecule has 0 radical (unpaired) electrons. The molecule has 0 aliphatic carbocycles. The molecular formula is C20H19N5OS. The first-order valence-corrected chi connectivity index (χ1v) is 9.76. The number of carbonyl (C=O) groups excluding carboxylic acids is 1. The normalized spacial score (nSPS) is 11.0. The number of benzene rings is 1. The van der Waals surface area contributed by atoms with Crippen LogP contribution in [0, 0.1) is 0 Å². The Labute approximate surface area is 160 Å². The van der Waals surface area contributed by atoms with Crippen molar-refractivity contribution in [3.63, 3.8) is 0 Å². The number of nitrogens with zero attached hydrogens (tertiary/aromatic N) is 4. The van der Waals surface area contributed by atoms with Crippen molar-refractivity contribution in [2.45, 2.75) is 26.7 Å². The first-order valence-electron chi connectivity index (χ1n) is 8.88. The van der Waals surface area contributed by atoms with Crippen molar-refractivity contribution in [2.24, 2.45) is 0 Å². The fourth-order valence-corrected chi connectivity index (χ4v) is 3.52. The molecule has 0 spiro atoms. The number of anilines is 1. The van der Waals surface area contributed by atoms with Crippen molar-refractivity contribution < 1.29 is 4.79 Å². The van der Waals surface area contributed by atoms with E-state index in [1.54, 1.807) is 10.6 Å². The molecule has 0 fully saturated rings. The molecule has 27 heavy (non-hydrogen) atoms. The number of aryl methyl sites for hydroxylation is 2. The van der Waals surface area contributed by atoms with Crippen LogP contribution >= 0.6 is 11.3 Å². The number of rotatable bonds is 5. The lowest BCUT2D eigenvalue weighted by Crippen LogP contribution is -2.09. The minimum Gasteiger partial charge on any atom is -0.321 e. The number of fused-ring (bicyclic) bond motifs is 1. The van der Waals surface area contributed by atoms with Gasteiger partial charge in [0.2, 0.25) is 0 Å². The number of amides is 1. The number of carbonyl (C=O) groups is 1. The minimum absolute atomic E-state index is 0.0990. The fraction of sp³-hybridized carbons (Fsp3) is 0.200. The van der Waals surface area contributed by atoms with Gasteiger partial charge in [-0.05, 0) is 36.4 Å². The summed E-state index contributed by atoms with van der Waals surface area (Å²) in [6.45, 7) is 4.16. The van der Waals surface area contributed by atoms with Gasteiger partial charge in [0.25, 0.3) is 11.7 Å². The molecule has 0 unspecified atom stereocenters. The zero-order valence-electron chi connectivity index (χ0n) is 15.1. The Balaban J connectivity index is 1.59. The lowest BCUT2D eigenvalue weighted by atomic mass is 10.1. The molecule has 6 nitrogen and oxygen atoms in total. The Bertz CT molecular complexity index is 1040. The molecule has 3 aromatic heterocycles. The van der Waals surface area contributed by atoms with Crippen LogP contribution in [0.1, 0.15) is 34.9 Å². The number of imidazole rings is 1. The first-order chi connectivity index (χ1) is 13.2. The first kappa shape index (κ1) is 17.4. The van der Waals surface area contributed by atoms with Crippen molar-refractivity contribution in [3.8, 4) is 11.3 Å². The third-order valence-electron chi connectivity index (χ3n) is 4.32. The average molecular weight is 377 g/mol. The van der Waals surface area contributed by atoms with Gasteiger partial charge in [-0.2, -0.15) is 5.10 Å². The molecular weight excluding hydrogens is 358 g/mol. The molecule has 1 aromatic carbocycles. The van der Waals surface area contributed by atoms with Crippen molar-refractivity contribution in [1.29, 1.82) is 0 Å². The molecule has 0 saturated heterocycles. The smallest absolute Gasteiger partial charge is 0.265 e. The molecule has 4 rings (SSSR count). The van der Waals surface area contributed by atoms with E-state index in [9.17, 15) is 4.79 Å². The van der Waals surface area contributed by atoms with Gasteiger partial charge in [-0.25, -0.2) is 14.5 Å². The van der Waals surface area contributed by atoms with Crippen LogP contribution < -0.4 is 5.32 Å². The molecule has 4 aromatic rings. The highest BCUT2D eigenvalue weighted by Gasteiger charge is 2.11. The van der Waals surface area contributed by atoms with E-state index in [-0.39, 0.29) is 5.91 Å². The number of hydrogen-bond acceptors (Lipinski definition) is 5. The maximum Gasteiger partial charge on any atom is 0.265 e. The summed E-state index contributed by atoms with van der Waals surface area (Å²) < 4.78 is 1.74. The predicted octanol–water partition coefficient (Wildman–Crippen LogP) is 4.23. The van der Waals surface area contributed by atoms with Gasteiger partial charge in [-0.15, -0.1) is 11.3 Å². The molecule has 3 heterocycles. The lowest BCUT2D eigenvalue weighted by Gasteiger charge is -2.04. The van der Waals surface area contributed by atoms with E-state index in [2.05, 4.69) is 34.2 Å². The van der Waals surface area contributed by atoms with Crippen molar-refractivity contribution in [1.82, 2.24) is 19.6 Å². The molecule has 1 amide bonds. The second-order valence-corrected chi connectivity index (χ2v) is 7.04. The van der Waals surface area contributed by atoms with Crippen LogP contribution in [0.5, 0.6) is 0 Å². The molecule has 0 aliphatic rings. The summed E-state index contributed by atoms with van der Waals surface area (Å²) in [7, 11) is 0. The van der Waals surface area contributed by atoms with Crippen molar-refractivity contribution >= 4 is 28.7 Å². The second kappa shape index (κ2) is 7.28. The second-order valence-electron chi connectivity index (χ2n) is 6.09. The molecule has 7 heteroatoms. The third-order valence-corrected chi connectivity index (χ3v) is 5.19. The van der Waals surface area contributed by atoms with Crippen LogP contribution in [0.15, 0.2) is 48.0 Å². The van der Waals surface area contributed by atoms with Gasteiger partial charge in [-0.3, -0.25) is 4.79 Å². The van der Waals surface area contributed by atoms with Crippen LogP contribution in [-0.2, 0) is 12.8 Å². The van der Waals surface area contributed by atoms with E-state index in [0.717, 1.165) is 41.2 Å². The Hall–Kier alpha value is -3.06. The van der Waals surface area contributed by atoms with Crippen molar-refractivity contribution in [2.75, 3.05) is 5.32 Å². The monoisotopic (exact) mass is 377 g/mol. The third kappa shape index (κ3) is 3.46. The van der Waals surface area contributed by atoms with Gasteiger partial charge in [-0.1, -0.05) is 32.0 Å². The molecule has 0 saturated carbocycles. The summed E-state index contributed by atoms with van der Waals surface area (Å²) >= 11 is 1.42. The van der Waals surface area contributed by atoms with E-state index >= 15 is 0 Å². The standard InChI is InChI=1S/C20H19N5OS/c1-3-15-16(4-2)24-25-12-17(23-20(25)22-15)13-7-9-14(10-8-13)21-19(26)18-6-5-11-27-18/h5-12H,3-4H2,1-2H3,(H,21,26). The van der Waals surface area contributed by atoms with Crippen molar-refractivity contribution in [3.05, 3.63) is 64.2 Å². The summed E-state index contributed by atoms with van der Waals surface area (Å²) in [6, 6.07) is 11.3. The largest absolute Gasteiger partial charge is 0.321 e. The Morgan fingerprint density at radius 1 is 1.07 bits per heavy atom. The zero-order chi connectivity index (χ0) is 18.8. The number of nitrogens with one attached hydrogen (secondary N) is 1. The van der Waals surface area contributed by atoms with E-state index in [4.69, 9.17) is 0 Å². The zero-order valence-corrected chi connectivity index (χ0v) is 16.0. The van der Waals surface area contributed by atoms with Gasteiger partial charge < -0.3 is 5.32 Å². The van der Waals surface area contributed by atoms with E-state index in [1.165, 1.54) is 11.3 Å². The molecule has 1 N–H and O–H groups in total. The summed E-state index contributed by atoms with van der Waals surface area (Å²) in [6.07, 6.45) is 3.58. The van der Waals surface area contributed by atoms with Crippen LogP contribution in [0.2, 0.25) is 0 Å². The van der Waals surface area contributed by atoms with Gasteiger partial charge in [0.1, 0.15) is 0 Å². The molecule has 136 valence electrons. The fourth-order valence-electron chi connectivity index (χ4n) is 2.91. The van der Waals surface area contributed by atoms with Gasteiger partial charge in [0.15, 0.2) is 0 Å². The highest BCUT2D eigenvalue weighted by molar-refractivity contribution is 7.12. The number of thiophene rings is 1.